The van der Waals surface area contributed by atoms with Gasteiger partial charge in [0.1, 0.15) is 5.78 Å². The topological polar surface area (TPSA) is 40.5 Å². The first-order valence-corrected chi connectivity index (χ1v) is 10.5. The fourth-order valence-electron chi connectivity index (χ4n) is 9.88. The second-order valence-corrected chi connectivity index (χ2v) is 10.7. The summed E-state index contributed by atoms with van der Waals surface area (Å²) in [5.41, 5.74) is 2.02. The van der Waals surface area contributed by atoms with Crippen molar-refractivity contribution in [1.82, 2.24) is 4.90 Å². The Morgan fingerprint density at radius 3 is 2.92 bits per heavy atom. The molecule has 6 aliphatic carbocycles. The largest absolute Gasteiger partial charge is 0.395 e. The number of carbonyl (C=O) groups is 1. The third kappa shape index (κ3) is 1.46. The van der Waals surface area contributed by atoms with Crippen LogP contribution < -0.4 is 0 Å². The lowest BCUT2D eigenvalue weighted by Crippen LogP contribution is -2.69. The highest BCUT2D eigenvalue weighted by molar-refractivity contribution is 5.86. The van der Waals surface area contributed by atoms with E-state index in [1.54, 1.807) is 0 Å². The molecule has 0 radical (unpaired) electrons. The van der Waals surface area contributed by atoms with E-state index in [9.17, 15) is 9.90 Å². The van der Waals surface area contributed by atoms with Crippen LogP contribution in [0.1, 0.15) is 51.9 Å². The number of fused-ring (bicyclic) bond motifs is 1. The van der Waals surface area contributed by atoms with Crippen molar-refractivity contribution in [3.05, 3.63) is 12.2 Å². The normalized spacial score (nSPS) is 58.7. The number of aliphatic hydroxyl groups is 1. The predicted molar refractivity (Wildman–Crippen MR) is 95.8 cm³/mol. The van der Waals surface area contributed by atoms with Crippen LogP contribution in [0.25, 0.3) is 0 Å². The number of nitrogens with zero attached hydrogens (tertiary/aromatic N) is 1. The van der Waals surface area contributed by atoms with Gasteiger partial charge in [-0.15, -0.1) is 0 Å². The van der Waals surface area contributed by atoms with E-state index in [-0.39, 0.29) is 22.9 Å². The average Bonchev–Trinajstić information content (AvgIpc) is 2.64. The summed E-state index contributed by atoms with van der Waals surface area (Å²) < 4.78 is 0. The third-order valence-electron chi connectivity index (χ3n) is 9.97. The standard InChI is InChI=1S/C22H31NO2/c1-13-10-21-11-16(25)18-20(2)4-3-5-22(18)17(21)9-14(13)8-15(21)19(22)23(12-20)6-7-24/h14-15,17-19,24H,1,3-12H2,2H3/t14-,15-,17+,18-,19+,20-,21-,22+/m0/s1. The molecule has 8 atom stereocenters. The molecule has 1 aliphatic heterocycles. The number of likely N-dealkylation sites (tertiary alicyclic amines) is 1. The number of rotatable bonds is 2. The van der Waals surface area contributed by atoms with Crippen molar-refractivity contribution in [3.8, 4) is 0 Å². The molecule has 2 spiro atoms. The maximum atomic E-state index is 13.6. The van der Waals surface area contributed by atoms with Gasteiger partial charge in [0.25, 0.3) is 0 Å². The smallest absolute Gasteiger partial charge is 0.137 e. The van der Waals surface area contributed by atoms with Crippen molar-refractivity contribution in [2.75, 3.05) is 19.7 Å². The molecule has 0 aromatic rings. The minimum Gasteiger partial charge on any atom is -0.395 e. The fraction of sp³-hybridized carbons (Fsp3) is 0.864. The molecule has 7 rings (SSSR count). The van der Waals surface area contributed by atoms with E-state index in [2.05, 4.69) is 18.4 Å². The van der Waals surface area contributed by atoms with Crippen LogP contribution in [0.2, 0.25) is 0 Å². The van der Waals surface area contributed by atoms with Gasteiger partial charge in [-0.3, -0.25) is 9.69 Å². The number of hydrogen-bond acceptors (Lipinski definition) is 3. The summed E-state index contributed by atoms with van der Waals surface area (Å²) in [5, 5.41) is 9.77. The van der Waals surface area contributed by atoms with Gasteiger partial charge in [0.15, 0.2) is 0 Å². The van der Waals surface area contributed by atoms with E-state index in [1.807, 2.05) is 0 Å². The van der Waals surface area contributed by atoms with Crippen LogP contribution in [-0.2, 0) is 4.79 Å². The van der Waals surface area contributed by atoms with E-state index >= 15 is 0 Å². The van der Waals surface area contributed by atoms with Crippen LogP contribution >= 0.6 is 0 Å². The Morgan fingerprint density at radius 2 is 2.12 bits per heavy atom. The van der Waals surface area contributed by atoms with Gasteiger partial charge in [-0.05, 0) is 66.1 Å². The number of piperidine rings is 1. The highest BCUT2D eigenvalue weighted by Crippen LogP contribution is 2.82. The second kappa shape index (κ2) is 4.42. The molecule has 1 heterocycles. The molecular weight excluding hydrogens is 310 g/mol. The summed E-state index contributed by atoms with van der Waals surface area (Å²) in [6, 6.07) is 0.549. The minimum atomic E-state index is 0.135. The molecule has 0 aromatic carbocycles. The fourth-order valence-corrected chi connectivity index (χ4v) is 9.88. The van der Waals surface area contributed by atoms with Crippen LogP contribution in [0.4, 0.5) is 0 Å². The molecule has 6 saturated carbocycles. The Labute approximate surface area is 150 Å². The monoisotopic (exact) mass is 341 g/mol. The number of aliphatic hydroxyl groups excluding tert-OH is 1. The molecule has 3 heteroatoms. The van der Waals surface area contributed by atoms with Crippen molar-refractivity contribution in [2.24, 2.45) is 39.9 Å². The second-order valence-electron chi connectivity index (χ2n) is 10.7. The Balaban J connectivity index is 1.60. The third-order valence-corrected chi connectivity index (χ3v) is 9.97. The highest BCUT2D eigenvalue weighted by atomic mass is 16.3. The summed E-state index contributed by atoms with van der Waals surface area (Å²) in [7, 11) is 0. The van der Waals surface area contributed by atoms with Crippen molar-refractivity contribution in [1.29, 1.82) is 0 Å². The molecule has 6 bridgehead atoms. The average molecular weight is 341 g/mol. The van der Waals surface area contributed by atoms with E-state index in [4.69, 9.17) is 0 Å². The minimum absolute atomic E-state index is 0.135. The first-order chi connectivity index (χ1) is 12.0. The first-order valence-electron chi connectivity index (χ1n) is 10.5. The van der Waals surface area contributed by atoms with Gasteiger partial charge < -0.3 is 5.11 Å². The summed E-state index contributed by atoms with van der Waals surface area (Å²) in [4.78, 5) is 16.2. The van der Waals surface area contributed by atoms with Crippen LogP contribution in [-0.4, -0.2) is 41.5 Å². The summed E-state index contributed by atoms with van der Waals surface area (Å²) in [5.74, 6) is 3.01. The molecule has 25 heavy (non-hydrogen) atoms. The molecular formula is C22H31NO2. The number of hydrogen-bond donors (Lipinski definition) is 1. The van der Waals surface area contributed by atoms with Crippen molar-refractivity contribution in [2.45, 2.75) is 57.9 Å². The van der Waals surface area contributed by atoms with Gasteiger partial charge in [-0.25, -0.2) is 0 Å². The number of Topliss-reactive ketones (excluding diaryl/α,β-unsaturated/α-hetero) is 1. The molecule has 136 valence electrons. The molecule has 0 amide bonds. The van der Waals surface area contributed by atoms with E-state index in [0.717, 1.165) is 31.8 Å². The van der Waals surface area contributed by atoms with Gasteiger partial charge in [-0.2, -0.15) is 0 Å². The molecule has 1 N–H and O–H groups in total. The van der Waals surface area contributed by atoms with Crippen LogP contribution in [0.5, 0.6) is 0 Å². The van der Waals surface area contributed by atoms with Gasteiger partial charge in [0.2, 0.25) is 0 Å². The Bertz CT molecular complexity index is 688. The first kappa shape index (κ1) is 15.4. The number of β-amino-alcohol motifs (C(OH)–C–C–N with tert-alkyl or cyclic N) is 1. The lowest BCUT2D eigenvalue weighted by molar-refractivity contribution is -0.188. The zero-order valence-corrected chi connectivity index (χ0v) is 15.5. The van der Waals surface area contributed by atoms with Crippen LogP contribution in [0, 0.1) is 39.9 Å². The van der Waals surface area contributed by atoms with E-state index < -0.39 is 0 Å². The van der Waals surface area contributed by atoms with Gasteiger partial charge in [0.05, 0.1) is 6.61 Å². The summed E-state index contributed by atoms with van der Waals surface area (Å²) in [6.07, 6.45) is 8.27. The quantitative estimate of drug-likeness (QED) is 0.785. The Morgan fingerprint density at radius 1 is 1.28 bits per heavy atom. The van der Waals surface area contributed by atoms with Crippen molar-refractivity contribution in [3.63, 3.8) is 0 Å². The Kier molecular flexibility index (Phi) is 2.72. The summed E-state index contributed by atoms with van der Waals surface area (Å²) >= 11 is 0. The van der Waals surface area contributed by atoms with Crippen LogP contribution in [0.15, 0.2) is 12.2 Å². The van der Waals surface area contributed by atoms with Gasteiger partial charge in [0, 0.05) is 31.5 Å². The zero-order chi connectivity index (χ0) is 17.2. The van der Waals surface area contributed by atoms with Crippen molar-refractivity contribution >= 4 is 5.78 Å². The molecule has 3 nitrogen and oxygen atoms in total. The maximum Gasteiger partial charge on any atom is 0.137 e. The molecule has 0 unspecified atom stereocenters. The number of ketones is 1. The molecule has 0 aromatic heterocycles. The van der Waals surface area contributed by atoms with E-state index in [0.29, 0.717) is 29.6 Å². The predicted octanol–water partition coefficient (Wildman–Crippen LogP) is 3.03. The Hall–Kier alpha value is -0.670. The molecule has 7 aliphatic rings. The lowest BCUT2D eigenvalue weighted by Gasteiger charge is -2.66. The number of allylic oxidation sites excluding steroid dienone is 1. The zero-order valence-electron chi connectivity index (χ0n) is 15.5. The lowest BCUT2D eigenvalue weighted by atomic mass is 9.40. The summed E-state index contributed by atoms with van der Waals surface area (Å²) in [6.45, 7) is 8.91. The molecule has 7 fully saturated rings. The molecule has 1 saturated heterocycles. The van der Waals surface area contributed by atoms with Crippen LogP contribution in [0.3, 0.4) is 0 Å². The van der Waals surface area contributed by atoms with Gasteiger partial charge in [-0.1, -0.05) is 25.5 Å². The SMILES string of the molecule is C=C1C[C@@]23CC(=O)[C@H]4[C@@]5(C)CCC[C@@]46[C@@H]2C[C@@H]1C[C@H]3[C@H]6N(CCO)C5. The van der Waals surface area contributed by atoms with Gasteiger partial charge >= 0.3 is 0 Å². The maximum absolute atomic E-state index is 13.6. The number of carbonyl (C=O) groups excluding carboxylic acids is 1. The van der Waals surface area contributed by atoms with Crippen molar-refractivity contribution < 1.29 is 9.90 Å². The highest BCUT2D eigenvalue weighted by Gasteiger charge is 2.81. The van der Waals surface area contributed by atoms with E-state index in [1.165, 1.54) is 37.7 Å².